The molecule has 206 valence electrons. The highest BCUT2D eigenvalue weighted by atomic mass is 32.1. The number of carbonyl (C=O) groups excluding carboxylic acids is 1. The summed E-state index contributed by atoms with van der Waals surface area (Å²) >= 11 is 1.57. The molecule has 4 aromatic rings. The van der Waals surface area contributed by atoms with Crippen LogP contribution in [0, 0.1) is 5.92 Å². The first-order valence-electron chi connectivity index (χ1n) is 14.5. The molecule has 1 N–H and O–H groups in total. The van der Waals surface area contributed by atoms with E-state index in [9.17, 15) is 4.79 Å². The zero-order chi connectivity index (χ0) is 26.9. The molecular formula is C31H33N5O3S. The molecule has 9 heteroatoms. The van der Waals surface area contributed by atoms with Crippen molar-refractivity contribution in [3.8, 4) is 28.6 Å². The maximum Gasteiger partial charge on any atom is 0.257 e. The average Bonchev–Trinajstić information content (AvgIpc) is 3.46. The highest BCUT2D eigenvalue weighted by Gasteiger charge is 2.22. The number of fused-ring (bicyclic) bond motifs is 2. The third-order valence-electron chi connectivity index (χ3n) is 7.91. The molecule has 0 spiro atoms. The van der Waals surface area contributed by atoms with Crippen LogP contribution in [0.3, 0.4) is 0 Å². The second-order valence-electron chi connectivity index (χ2n) is 11.0. The number of hydrogen-bond acceptors (Lipinski definition) is 7. The van der Waals surface area contributed by atoms with E-state index in [0.717, 1.165) is 73.9 Å². The molecule has 1 amide bonds. The highest BCUT2D eigenvalue weighted by molar-refractivity contribution is 7.16. The van der Waals surface area contributed by atoms with Gasteiger partial charge in [-0.25, -0.2) is 4.98 Å². The fourth-order valence-corrected chi connectivity index (χ4v) is 6.56. The van der Waals surface area contributed by atoms with Crippen LogP contribution in [0.1, 0.15) is 71.7 Å². The van der Waals surface area contributed by atoms with Crippen molar-refractivity contribution in [2.24, 2.45) is 5.92 Å². The third kappa shape index (κ3) is 5.61. The number of nitrogens with zero attached hydrogens (tertiary/aromatic N) is 4. The van der Waals surface area contributed by atoms with Gasteiger partial charge in [0, 0.05) is 35.0 Å². The first-order chi connectivity index (χ1) is 19.7. The second kappa shape index (κ2) is 11.0. The predicted octanol–water partition coefficient (Wildman–Crippen LogP) is 6.84. The molecule has 3 aliphatic rings. The van der Waals surface area contributed by atoms with Crippen LogP contribution < -0.4 is 14.8 Å². The lowest BCUT2D eigenvalue weighted by molar-refractivity contribution is 0.102. The van der Waals surface area contributed by atoms with E-state index in [-0.39, 0.29) is 5.91 Å². The van der Waals surface area contributed by atoms with Gasteiger partial charge in [0.05, 0.1) is 12.3 Å². The number of carbonyl (C=O) groups is 1. The molecular weight excluding hydrogens is 522 g/mol. The van der Waals surface area contributed by atoms with Crippen molar-refractivity contribution in [3.05, 3.63) is 64.4 Å². The number of aromatic nitrogens is 4. The third-order valence-corrected chi connectivity index (χ3v) is 8.98. The maximum atomic E-state index is 13.2. The van der Waals surface area contributed by atoms with Gasteiger partial charge in [-0.05, 0) is 80.8 Å². The molecule has 40 heavy (non-hydrogen) atoms. The summed E-state index contributed by atoms with van der Waals surface area (Å²) in [6.45, 7) is 1.59. The van der Waals surface area contributed by atoms with E-state index >= 15 is 0 Å². The van der Waals surface area contributed by atoms with Crippen LogP contribution in [0.15, 0.2) is 42.5 Å². The van der Waals surface area contributed by atoms with Gasteiger partial charge in [-0.2, -0.15) is 0 Å². The minimum atomic E-state index is -0.215. The van der Waals surface area contributed by atoms with Gasteiger partial charge in [0.25, 0.3) is 5.91 Å². The SMILES string of the molecule is O=C(Nc1nc2c(s1)CCC2)c1cc(OCCC2CC2)cc(Oc2ccc(-c3nnc4n3CCCCC4)cc2)c1. The standard InChI is InChI=1S/C31H33N5O3S/c37-30(33-31-32-26-5-4-6-27(26)40-31)22-17-24(38-16-14-20-8-9-20)19-25(18-22)39-23-12-10-21(11-13-23)29-35-34-28-7-2-1-3-15-36(28)29/h10-13,17-20H,1-9,14-16H2,(H,32,33,37). The summed E-state index contributed by atoms with van der Waals surface area (Å²) in [5, 5.41) is 12.5. The summed E-state index contributed by atoms with van der Waals surface area (Å²) in [5.41, 5.74) is 2.62. The van der Waals surface area contributed by atoms with Crippen LogP contribution >= 0.6 is 11.3 Å². The minimum Gasteiger partial charge on any atom is -0.493 e. The van der Waals surface area contributed by atoms with E-state index in [1.807, 2.05) is 30.3 Å². The molecule has 0 bridgehead atoms. The lowest BCUT2D eigenvalue weighted by atomic mass is 10.1. The van der Waals surface area contributed by atoms with Crippen LogP contribution in [0.25, 0.3) is 11.4 Å². The van der Waals surface area contributed by atoms with E-state index < -0.39 is 0 Å². The zero-order valence-electron chi connectivity index (χ0n) is 22.5. The van der Waals surface area contributed by atoms with E-state index in [1.165, 1.54) is 30.6 Å². The Labute approximate surface area is 237 Å². The van der Waals surface area contributed by atoms with Crippen molar-refractivity contribution in [1.82, 2.24) is 19.7 Å². The van der Waals surface area contributed by atoms with Crippen molar-refractivity contribution >= 4 is 22.4 Å². The Bertz CT molecular complexity index is 1500. The Kier molecular flexibility index (Phi) is 6.97. The van der Waals surface area contributed by atoms with Gasteiger partial charge in [-0.15, -0.1) is 21.5 Å². The number of ether oxygens (including phenoxy) is 2. The Balaban J connectivity index is 1.10. The Morgan fingerprint density at radius 3 is 2.67 bits per heavy atom. The predicted molar refractivity (Wildman–Crippen MR) is 154 cm³/mol. The van der Waals surface area contributed by atoms with Crippen molar-refractivity contribution in [2.75, 3.05) is 11.9 Å². The number of amides is 1. The summed E-state index contributed by atoms with van der Waals surface area (Å²) in [4.78, 5) is 19.1. The highest BCUT2D eigenvalue weighted by Crippen LogP contribution is 2.34. The van der Waals surface area contributed by atoms with Gasteiger partial charge in [0.2, 0.25) is 0 Å². The lowest BCUT2D eigenvalue weighted by Crippen LogP contribution is -2.12. The molecule has 0 radical (unpaired) electrons. The quantitative estimate of drug-likeness (QED) is 0.243. The molecule has 0 saturated heterocycles. The summed E-state index contributed by atoms with van der Waals surface area (Å²) in [5.74, 6) is 4.39. The van der Waals surface area contributed by atoms with Crippen LogP contribution in [0.4, 0.5) is 5.13 Å². The molecule has 2 aromatic carbocycles. The van der Waals surface area contributed by atoms with Gasteiger partial charge in [0.15, 0.2) is 11.0 Å². The maximum absolute atomic E-state index is 13.2. The number of thiazole rings is 1. The minimum absolute atomic E-state index is 0.215. The summed E-state index contributed by atoms with van der Waals surface area (Å²) in [6.07, 6.45) is 11.3. The first-order valence-corrected chi connectivity index (χ1v) is 15.3. The number of anilines is 1. The molecule has 3 heterocycles. The summed E-state index contributed by atoms with van der Waals surface area (Å²) in [7, 11) is 0. The van der Waals surface area contributed by atoms with Crippen LogP contribution in [0.5, 0.6) is 17.2 Å². The number of hydrogen-bond donors (Lipinski definition) is 1. The van der Waals surface area contributed by atoms with Crippen molar-refractivity contribution in [1.29, 1.82) is 0 Å². The van der Waals surface area contributed by atoms with E-state index in [2.05, 4.69) is 25.1 Å². The molecule has 0 atom stereocenters. The van der Waals surface area contributed by atoms with E-state index in [4.69, 9.17) is 9.47 Å². The largest absolute Gasteiger partial charge is 0.493 e. The monoisotopic (exact) mass is 555 g/mol. The van der Waals surface area contributed by atoms with Gasteiger partial charge in [-0.3, -0.25) is 10.1 Å². The molecule has 7 rings (SSSR count). The molecule has 1 aliphatic heterocycles. The summed E-state index contributed by atoms with van der Waals surface area (Å²) < 4.78 is 14.5. The number of nitrogens with one attached hydrogen (secondary N) is 1. The fraction of sp³-hybridized carbons (Fsp3) is 0.419. The fourth-order valence-electron chi connectivity index (χ4n) is 5.51. The van der Waals surface area contributed by atoms with Crippen LogP contribution in [0.2, 0.25) is 0 Å². The van der Waals surface area contributed by atoms with Crippen LogP contribution in [-0.2, 0) is 25.8 Å². The zero-order valence-corrected chi connectivity index (χ0v) is 23.3. The number of benzene rings is 2. The molecule has 8 nitrogen and oxygen atoms in total. The Morgan fingerprint density at radius 1 is 0.950 bits per heavy atom. The first kappa shape index (κ1) is 25.3. The number of aryl methyl sites for hydroxylation is 3. The molecule has 1 saturated carbocycles. The van der Waals surface area contributed by atoms with Gasteiger partial charge >= 0.3 is 0 Å². The molecule has 2 aromatic heterocycles. The van der Waals surface area contributed by atoms with Gasteiger partial charge in [0.1, 0.15) is 23.1 Å². The van der Waals surface area contributed by atoms with Crippen molar-refractivity contribution in [3.63, 3.8) is 0 Å². The number of rotatable bonds is 9. The van der Waals surface area contributed by atoms with E-state index in [0.29, 0.717) is 34.6 Å². The molecule has 0 unspecified atom stereocenters. The second-order valence-corrected chi connectivity index (χ2v) is 12.1. The summed E-state index contributed by atoms with van der Waals surface area (Å²) in [6, 6.07) is 13.3. The van der Waals surface area contributed by atoms with Crippen LogP contribution in [-0.4, -0.2) is 32.3 Å². The smallest absolute Gasteiger partial charge is 0.257 e. The van der Waals surface area contributed by atoms with Crippen molar-refractivity contribution in [2.45, 2.75) is 70.8 Å². The van der Waals surface area contributed by atoms with E-state index in [1.54, 1.807) is 23.5 Å². The Hall–Kier alpha value is -3.72. The van der Waals surface area contributed by atoms with Gasteiger partial charge in [-0.1, -0.05) is 19.3 Å². The normalized spacial score (nSPS) is 16.2. The lowest BCUT2D eigenvalue weighted by Gasteiger charge is -2.13. The topological polar surface area (TPSA) is 91.2 Å². The average molecular weight is 556 g/mol. The molecule has 2 aliphatic carbocycles. The Morgan fingerprint density at radius 2 is 1.82 bits per heavy atom. The molecule has 1 fully saturated rings. The van der Waals surface area contributed by atoms with Crippen molar-refractivity contribution < 1.29 is 14.3 Å². The van der Waals surface area contributed by atoms with Gasteiger partial charge < -0.3 is 14.0 Å².